The monoisotopic (exact) mass is 386 g/mol. The number of pyridine rings is 1. The van der Waals surface area contributed by atoms with Crippen molar-refractivity contribution in [3.63, 3.8) is 0 Å². The molecule has 1 amide bonds. The molecule has 0 atom stereocenters. The van der Waals surface area contributed by atoms with E-state index in [9.17, 15) is 9.18 Å². The van der Waals surface area contributed by atoms with Crippen LogP contribution in [0.25, 0.3) is 10.9 Å². The molecular formula is C21H23FN2O4. The number of carbonyl (C=O) groups is 1. The Hall–Kier alpha value is -3.35. The lowest BCUT2D eigenvalue weighted by Gasteiger charge is -2.13. The van der Waals surface area contributed by atoms with Crippen LogP contribution in [0.4, 0.5) is 10.1 Å². The molecule has 1 heterocycles. The number of fused-ring (bicyclic) bond motifs is 1. The average Bonchev–Trinajstić information content (AvgIpc) is 2.70. The quantitative estimate of drug-likeness (QED) is 0.655. The Labute approximate surface area is 163 Å². The van der Waals surface area contributed by atoms with Crippen LogP contribution in [0.2, 0.25) is 0 Å². The average molecular weight is 386 g/mol. The Morgan fingerprint density at radius 1 is 1.00 bits per heavy atom. The normalized spacial score (nSPS) is 9.93. The largest absolute Gasteiger partial charge is 0.493 e. The Morgan fingerprint density at radius 2 is 1.68 bits per heavy atom. The minimum Gasteiger partial charge on any atom is -0.493 e. The van der Waals surface area contributed by atoms with Crippen LogP contribution in [0.3, 0.4) is 0 Å². The zero-order chi connectivity index (χ0) is 20.7. The third-order valence-corrected chi connectivity index (χ3v) is 3.69. The van der Waals surface area contributed by atoms with Crippen molar-refractivity contribution in [3.05, 3.63) is 48.4 Å². The molecule has 0 aliphatic rings. The molecule has 2 aromatic carbocycles. The highest BCUT2D eigenvalue weighted by Crippen LogP contribution is 2.37. The number of nitrogens with one attached hydrogen (secondary N) is 1. The maximum atomic E-state index is 14.1. The topological polar surface area (TPSA) is 69.7 Å². The third kappa shape index (κ3) is 4.68. The van der Waals surface area contributed by atoms with E-state index in [4.69, 9.17) is 14.2 Å². The molecular weight excluding hydrogens is 363 g/mol. The molecule has 0 radical (unpaired) electrons. The summed E-state index contributed by atoms with van der Waals surface area (Å²) in [6.07, 6.45) is 1.59. The lowest BCUT2D eigenvalue weighted by atomic mass is 10.2. The minimum atomic E-state index is -0.588. The van der Waals surface area contributed by atoms with E-state index in [0.717, 1.165) is 0 Å². The fourth-order valence-corrected chi connectivity index (χ4v) is 2.51. The number of amides is 1. The standard InChI is InChI=1S/C19H17FN2O4.C2H6/c1-11(23)22-15-5-4-12(8-14(15)20)26-17-6-7-21-16-10-19(25-3)18(24-2)9-13(16)17;1-2/h4-10H,1-3H3,(H,22,23);1-2H3. The van der Waals surface area contributed by atoms with Gasteiger partial charge in [0.05, 0.1) is 25.4 Å². The van der Waals surface area contributed by atoms with Crippen LogP contribution >= 0.6 is 0 Å². The van der Waals surface area contributed by atoms with Crippen molar-refractivity contribution in [3.8, 4) is 23.0 Å². The predicted molar refractivity (Wildman–Crippen MR) is 107 cm³/mol. The summed E-state index contributed by atoms with van der Waals surface area (Å²) in [7, 11) is 3.08. The van der Waals surface area contributed by atoms with Gasteiger partial charge in [-0.15, -0.1) is 0 Å². The van der Waals surface area contributed by atoms with E-state index in [1.54, 1.807) is 37.6 Å². The first-order valence-corrected chi connectivity index (χ1v) is 8.77. The molecule has 6 nitrogen and oxygen atoms in total. The summed E-state index contributed by atoms with van der Waals surface area (Å²) in [5, 5.41) is 3.10. The highest BCUT2D eigenvalue weighted by atomic mass is 19.1. The lowest BCUT2D eigenvalue weighted by molar-refractivity contribution is -0.114. The Morgan fingerprint density at radius 3 is 2.29 bits per heavy atom. The highest BCUT2D eigenvalue weighted by Gasteiger charge is 2.12. The van der Waals surface area contributed by atoms with Crippen molar-refractivity contribution < 1.29 is 23.4 Å². The van der Waals surface area contributed by atoms with Gasteiger partial charge in [-0.1, -0.05) is 13.8 Å². The number of benzene rings is 2. The van der Waals surface area contributed by atoms with Gasteiger partial charge in [0.15, 0.2) is 11.5 Å². The van der Waals surface area contributed by atoms with Crippen LogP contribution in [0.1, 0.15) is 20.8 Å². The lowest BCUT2D eigenvalue weighted by Crippen LogP contribution is -2.07. The SMILES string of the molecule is CC.COc1cc2nccc(Oc3ccc(NC(C)=O)c(F)c3)c2cc1OC. The Balaban J connectivity index is 0.00000136. The van der Waals surface area contributed by atoms with E-state index in [-0.39, 0.29) is 11.6 Å². The number of aromatic nitrogens is 1. The van der Waals surface area contributed by atoms with Gasteiger partial charge >= 0.3 is 0 Å². The summed E-state index contributed by atoms with van der Waals surface area (Å²) in [5.74, 6) is 0.927. The van der Waals surface area contributed by atoms with E-state index in [1.165, 1.54) is 26.2 Å². The van der Waals surface area contributed by atoms with Gasteiger partial charge in [-0.2, -0.15) is 0 Å². The van der Waals surface area contributed by atoms with Gasteiger partial charge in [0.2, 0.25) is 5.91 Å². The molecule has 0 bridgehead atoms. The smallest absolute Gasteiger partial charge is 0.221 e. The number of hydrogen-bond acceptors (Lipinski definition) is 5. The summed E-state index contributed by atoms with van der Waals surface area (Å²) in [4.78, 5) is 15.4. The fourth-order valence-electron chi connectivity index (χ4n) is 2.51. The van der Waals surface area contributed by atoms with Crippen LogP contribution < -0.4 is 19.5 Å². The zero-order valence-electron chi connectivity index (χ0n) is 16.5. The van der Waals surface area contributed by atoms with Gasteiger partial charge in [-0.05, 0) is 24.3 Å². The molecule has 3 rings (SSSR count). The molecule has 3 aromatic rings. The molecule has 1 N–H and O–H groups in total. The molecule has 7 heteroatoms. The first-order chi connectivity index (χ1) is 13.5. The van der Waals surface area contributed by atoms with Crippen LogP contribution in [-0.4, -0.2) is 25.1 Å². The number of anilines is 1. The van der Waals surface area contributed by atoms with Gasteiger partial charge in [-0.25, -0.2) is 4.39 Å². The third-order valence-electron chi connectivity index (χ3n) is 3.69. The van der Waals surface area contributed by atoms with Crippen molar-refractivity contribution >= 4 is 22.5 Å². The second-order valence-corrected chi connectivity index (χ2v) is 5.46. The number of methoxy groups -OCH3 is 2. The molecule has 1 aromatic heterocycles. The predicted octanol–water partition coefficient (Wildman–Crippen LogP) is 5.17. The number of halogens is 1. The number of carbonyl (C=O) groups excluding carboxylic acids is 1. The maximum absolute atomic E-state index is 14.1. The van der Waals surface area contributed by atoms with Crippen molar-refractivity contribution in [2.45, 2.75) is 20.8 Å². The number of ether oxygens (including phenoxy) is 3. The molecule has 0 saturated heterocycles. The number of hydrogen-bond donors (Lipinski definition) is 1. The summed E-state index contributed by atoms with van der Waals surface area (Å²) in [6.45, 7) is 5.31. The Kier molecular flexibility index (Phi) is 7.14. The van der Waals surface area contributed by atoms with Crippen molar-refractivity contribution in [2.75, 3.05) is 19.5 Å². The van der Waals surface area contributed by atoms with Gasteiger partial charge in [-0.3, -0.25) is 9.78 Å². The maximum Gasteiger partial charge on any atom is 0.221 e. The first-order valence-electron chi connectivity index (χ1n) is 8.77. The van der Waals surface area contributed by atoms with E-state index in [1.807, 2.05) is 13.8 Å². The highest BCUT2D eigenvalue weighted by molar-refractivity contribution is 5.89. The number of nitrogens with zero attached hydrogens (tertiary/aromatic N) is 1. The molecule has 0 aliphatic heterocycles. The van der Waals surface area contributed by atoms with E-state index in [2.05, 4.69) is 10.3 Å². The minimum absolute atomic E-state index is 0.0934. The van der Waals surface area contributed by atoms with Gasteiger partial charge in [0.25, 0.3) is 0 Å². The molecule has 0 saturated carbocycles. The molecule has 0 spiro atoms. The van der Waals surface area contributed by atoms with Gasteiger partial charge in [0, 0.05) is 30.6 Å². The van der Waals surface area contributed by atoms with Crippen LogP contribution in [-0.2, 0) is 4.79 Å². The van der Waals surface area contributed by atoms with Crippen molar-refractivity contribution in [1.82, 2.24) is 4.98 Å². The van der Waals surface area contributed by atoms with E-state index >= 15 is 0 Å². The fraction of sp³-hybridized carbons (Fsp3) is 0.238. The van der Waals surface area contributed by atoms with E-state index < -0.39 is 5.82 Å². The second-order valence-electron chi connectivity index (χ2n) is 5.46. The molecule has 0 aliphatic carbocycles. The molecule has 0 unspecified atom stereocenters. The van der Waals surface area contributed by atoms with Crippen molar-refractivity contribution in [2.24, 2.45) is 0 Å². The second kappa shape index (κ2) is 9.55. The van der Waals surface area contributed by atoms with Gasteiger partial charge in [0.1, 0.15) is 17.3 Å². The summed E-state index contributed by atoms with van der Waals surface area (Å²) in [5.41, 5.74) is 0.742. The summed E-state index contributed by atoms with van der Waals surface area (Å²) in [6, 6.07) is 9.38. The zero-order valence-corrected chi connectivity index (χ0v) is 16.5. The molecule has 148 valence electrons. The summed E-state index contributed by atoms with van der Waals surface area (Å²) < 4.78 is 30.5. The van der Waals surface area contributed by atoms with Crippen molar-refractivity contribution in [1.29, 1.82) is 0 Å². The number of rotatable bonds is 5. The molecule has 28 heavy (non-hydrogen) atoms. The van der Waals surface area contributed by atoms with Crippen LogP contribution in [0.5, 0.6) is 23.0 Å². The Bertz CT molecular complexity index is 976. The van der Waals surface area contributed by atoms with E-state index in [0.29, 0.717) is 33.9 Å². The van der Waals surface area contributed by atoms with Crippen LogP contribution in [0.15, 0.2) is 42.6 Å². The van der Waals surface area contributed by atoms with Gasteiger partial charge < -0.3 is 19.5 Å². The van der Waals surface area contributed by atoms with Crippen LogP contribution in [0, 0.1) is 5.82 Å². The summed E-state index contributed by atoms with van der Waals surface area (Å²) >= 11 is 0. The molecule has 0 fully saturated rings. The first kappa shape index (κ1) is 21.0.